The van der Waals surface area contributed by atoms with Crippen LogP contribution in [-0.2, 0) is 0 Å². The summed E-state index contributed by atoms with van der Waals surface area (Å²) in [5.74, 6) is 0.863. The van der Waals surface area contributed by atoms with Gasteiger partial charge in [0.05, 0.1) is 0 Å². The van der Waals surface area contributed by atoms with Gasteiger partial charge in [0.25, 0.3) is 0 Å². The summed E-state index contributed by atoms with van der Waals surface area (Å²) in [6, 6.07) is 7.50. The van der Waals surface area contributed by atoms with Gasteiger partial charge in [-0.15, -0.1) is 0 Å². The van der Waals surface area contributed by atoms with Gasteiger partial charge >= 0.3 is 6.11 Å². The van der Waals surface area contributed by atoms with Gasteiger partial charge in [0.15, 0.2) is 0 Å². The SMILES string of the molecule is CCC1CC(C)CN1c1cccc(OC(C)(F)F)c1. The average Bonchev–Trinajstić information content (AvgIpc) is 2.68. The molecule has 0 bridgehead atoms. The third-order valence-electron chi connectivity index (χ3n) is 3.54. The molecule has 1 heterocycles. The van der Waals surface area contributed by atoms with Crippen LogP contribution in [0.5, 0.6) is 5.75 Å². The highest BCUT2D eigenvalue weighted by Crippen LogP contribution is 2.33. The molecule has 0 aromatic heterocycles. The Bertz CT molecular complexity index is 430. The zero-order valence-electron chi connectivity index (χ0n) is 11.7. The smallest absolute Gasteiger partial charge is 0.394 e. The number of rotatable bonds is 4. The topological polar surface area (TPSA) is 12.5 Å². The molecule has 2 nitrogen and oxygen atoms in total. The molecule has 19 heavy (non-hydrogen) atoms. The fourth-order valence-electron chi connectivity index (χ4n) is 2.79. The van der Waals surface area contributed by atoms with Crippen molar-refractivity contribution < 1.29 is 13.5 Å². The van der Waals surface area contributed by atoms with Gasteiger partial charge < -0.3 is 9.64 Å². The summed E-state index contributed by atoms with van der Waals surface area (Å²) in [5, 5.41) is 0. The Morgan fingerprint density at radius 1 is 1.42 bits per heavy atom. The molecule has 1 aromatic carbocycles. The van der Waals surface area contributed by atoms with Crippen LogP contribution in [-0.4, -0.2) is 18.7 Å². The molecule has 0 saturated carbocycles. The van der Waals surface area contributed by atoms with E-state index in [0.717, 1.165) is 32.0 Å². The summed E-state index contributed by atoms with van der Waals surface area (Å²) in [6.07, 6.45) is -0.911. The van der Waals surface area contributed by atoms with Crippen molar-refractivity contribution in [1.82, 2.24) is 0 Å². The minimum absolute atomic E-state index is 0.222. The lowest BCUT2D eigenvalue weighted by Gasteiger charge is -2.26. The Morgan fingerprint density at radius 2 is 2.16 bits per heavy atom. The van der Waals surface area contributed by atoms with E-state index in [0.29, 0.717) is 12.0 Å². The first-order valence-corrected chi connectivity index (χ1v) is 6.82. The molecule has 0 aliphatic carbocycles. The van der Waals surface area contributed by atoms with Crippen molar-refractivity contribution in [2.45, 2.75) is 45.8 Å². The quantitative estimate of drug-likeness (QED) is 0.808. The molecular formula is C15H21F2NO. The molecule has 0 amide bonds. The van der Waals surface area contributed by atoms with Crippen LogP contribution in [0.25, 0.3) is 0 Å². The second-order valence-corrected chi connectivity index (χ2v) is 5.46. The third kappa shape index (κ3) is 3.58. The van der Waals surface area contributed by atoms with Crippen LogP contribution in [0.4, 0.5) is 14.5 Å². The van der Waals surface area contributed by atoms with Crippen molar-refractivity contribution in [3.8, 4) is 5.75 Å². The lowest BCUT2D eigenvalue weighted by molar-refractivity contribution is -0.158. The van der Waals surface area contributed by atoms with Gasteiger partial charge in [-0.05, 0) is 30.9 Å². The summed E-state index contributed by atoms with van der Waals surface area (Å²) in [5.41, 5.74) is 0.970. The highest BCUT2D eigenvalue weighted by Gasteiger charge is 2.29. The number of alkyl halides is 2. The van der Waals surface area contributed by atoms with E-state index in [1.165, 1.54) is 0 Å². The van der Waals surface area contributed by atoms with Gasteiger partial charge in [0.2, 0.25) is 0 Å². The molecule has 0 N–H and O–H groups in total. The number of hydrogen-bond acceptors (Lipinski definition) is 2. The van der Waals surface area contributed by atoms with E-state index in [9.17, 15) is 8.78 Å². The third-order valence-corrected chi connectivity index (χ3v) is 3.54. The van der Waals surface area contributed by atoms with Crippen LogP contribution in [0.3, 0.4) is 0 Å². The average molecular weight is 269 g/mol. The maximum absolute atomic E-state index is 12.9. The Labute approximate surface area is 113 Å². The number of ether oxygens (including phenoxy) is 1. The highest BCUT2D eigenvalue weighted by molar-refractivity contribution is 5.52. The van der Waals surface area contributed by atoms with Crippen molar-refractivity contribution in [2.24, 2.45) is 5.92 Å². The maximum atomic E-state index is 12.9. The van der Waals surface area contributed by atoms with Gasteiger partial charge in [-0.1, -0.05) is 19.9 Å². The van der Waals surface area contributed by atoms with Gasteiger partial charge in [0, 0.05) is 31.3 Å². The normalized spacial score (nSPS) is 23.7. The van der Waals surface area contributed by atoms with Crippen LogP contribution in [0.1, 0.15) is 33.6 Å². The molecule has 1 saturated heterocycles. The summed E-state index contributed by atoms with van der Waals surface area (Å²) in [4.78, 5) is 2.30. The zero-order chi connectivity index (χ0) is 14.0. The summed E-state index contributed by atoms with van der Waals surface area (Å²) in [6.45, 7) is 6.12. The van der Waals surface area contributed by atoms with E-state index in [1.54, 1.807) is 18.2 Å². The van der Waals surface area contributed by atoms with Crippen LogP contribution in [0.2, 0.25) is 0 Å². The predicted octanol–water partition coefficient (Wildman–Crippen LogP) is 4.30. The standard InChI is InChI=1S/C15H21F2NO/c1-4-12-8-11(2)10-18(12)13-6-5-7-14(9-13)19-15(3,16)17/h5-7,9,11-12H,4,8,10H2,1-3H3. The molecule has 2 rings (SSSR count). The first kappa shape index (κ1) is 14.1. The maximum Gasteiger partial charge on any atom is 0.394 e. The minimum atomic E-state index is -3.14. The number of nitrogens with zero attached hydrogens (tertiary/aromatic N) is 1. The Morgan fingerprint density at radius 3 is 2.79 bits per heavy atom. The minimum Gasteiger partial charge on any atom is -0.433 e. The second-order valence-electron chi connectivity index (χ2n) is 5.46. The molecule has 1 aliphatic heterocycles. The Hall–Kier alpha value is -1.32. The van der Waals surface area contributed by atoms with Gasteiger partial charge in [-0.25, -0.2) is 0 Å². The van der Waals surface area contributed by atoms with Crippen molar-refractivity contribution in [3.05, 3.63) is 24.3 Å². The number of benzene rings is 1. The molecule has 1 aliphatic rings. The summed E-state index contributed by atoms with van der Waals surface area (Å²) >= 11 is 0. The summed E-state index contributed by atoms with van der Waals surface area (Å²) in [7, 11) is 0. The molecule has 0 radical (unpaired) electrons. The van der Waals surface area contributed by atoms with Gasteiger partial charge in [-0.2, -0.15) is 8.78 Å². The van der Waals surface area contributed by atoms with Crippen LogP contribution >= 0.6 is 0 Å². The number of halogens is 2. The van der Waals surface area contributed by atoms with Crippen molar-refractivity contribution in [3.63, 3.8) is 0 Å². The molecule has 106 valence electrons. The summed E-state index contributed by atoms with van der Waals surface area (Å²) < 4.78 is 30.4. The molecule has 1 fully saturated rings. The Balaban J connectivity index is 2.18. The lowest BCUT2D eigenvalue weighted by Crippen LogP contribution is -2.28. The van der Waals surface area contributed by atoms with E-state index < -0.39 is 6.11 Å². The van der Waals surface area contributed by atoms with E-state index >= 15 is 0 Å². The van der Waals surface area contributed by atoms with Crippen LogP contribution in [0, 0.1) is 5.92 Å². The van der Waals surface area contributed by atoms with Crippen molar-refractivity contribution in [2.75, 3.05) is 11.4 Å². The molecule has 0 spiro atoms. The lowest BCUT2D eigenvalue weighted by atomic mass is 10.1. The van der Waals surface area contributed by atoms with E-state index in [-0.39, 0.29) is 5.75 Å². The fraction of sp³-hybridized carbons (Fsp3) is 0.600. The molecule has 2 atom stereocenters. The second kappa shape index (κ2) is 5.35. The monoisotopic (exact) mass is 269 g/mol. The van der Waals surface area contributed by atoms with Gasteiger partial charge in [-0.3, -0.25) is 0 Å². The van der Waals surface area contributed by atoms with Crippen LogP contribution in [0.15, 0.2) is 24.3 Å². The molecular weight excluding hydrogens is 248 g/mol. The van der Waals surface area contributed by atoms with E-state index in [2.05, 4.69) is 23.5 Å². The van der Waals surface area contributed by atoms with Crippen molar-refractivity contribution in [1.29, 1.82) is 0 Å². The van der Waals surface area contributed by atoms with Crippen molar-refractivity contribution >= 4 is 5.69 Å². The predicted molar refractivity (Wildman–Crippen MR) is 72.9 cm³/mol. The number of anilines is 1. The Kier molecular flexibility index (Phi) is 3.97. The fourth-order valence-corrected chi connectivity index (χ4v) is 2.79. The zero-order valence-corrected chi connectivity index (χ0v) is 11.7. The van der Waals surface area contributed by atoms with Crippen LogP contribution < -0.4 is 9.64 Å². The largest absolute Gasteiger partial charge is 0.433 e. The first-order chi connectivity index (χ1) is 8.89. The number of hydrogen-bond donors (Lipinski definition) is 0. The molecule has 4 heteroatoms. The van der Waals surface area contributed by atoms with Gasteiger partial charge in [0.1, 0.15) is 5.75 Å². The van der Waals surface area contributed by atoms with E-state index in [1.807, 2.05) is 6.07 Å². The molecule has 1 aromatic rings. The highest BCUT2D eigenvalue weighted by atomic mass is 19.3. The van der Waals surface area contributed by atoms with E-state index in [4.69, 9.17) is 0 Å². The first-order valence-electron chi connectivity index (χ1n) is 6.82. The molecule has 2 unspecified atom stereocenters.